The SMILES string of the molecule is CC1(C)CCCN(S(=O)(=O)c2cccc(CNCCc3ccc(Cl)cc3)c2)C1. The fourth-order valence-electron chi connectivity index (χ4n) is 3.66. The van der Waals surface area contributed by atoms with Gasteiger partial charge >= 0.3 is 0 Å². The molecule has 0 aliphatic carbocycles. The van der Waals surface area contributed by atoms with Gasteiger partial charge in [-0.25, -0.2) is 8.42 Å². The van der Waals surface area contributed by atoms with Gasteiger partial charge in [0.25, 0.3) is 0 Å². The van der Waals surface area contributed by atoms with Crippen LogP contribution in [0.4, 0.5) is 0 Å². The first-order valence-electron chi connectivity index (χ1n) is 9.81. The Balaban J connectivity index is 1.59. The molecular weight excluding hydrogens is 392 g/mol. The number of hydrogen-bond donors (Lipinski definition) is 1. The summed E-state index contributed by atoms with van der Waals surface area (Å²) in [7, 11) is -3.44. The van der Waals surface area contributed by atoms with Crippen molar-refractivity contribution in [1.82, 2.24) is 9.62 Å². The van der Waals surface area contributed by atoms with Crippen molar-refractivity contribution in [3.05, 3.63) is 64.7 Å². The van der Waals surface area contributed by atoms with E-state index in [1.165, 1.54) is 5.56 Å². The largest absolute Gasteiger partial charge is 0.312 e. The summed E-state index contributed by atoms with van der Waals surface area (Å²) in [5.74, 6) is 0. The molecule has 4 nitrogen and oxygen atoms in total. The lowest BCUT2D eigenvalue weighted by molar-refractivity contribution is 0.187. The van der Waals surface area contributed by atoms with Crippen LogP contribution in [0.1, 0.15) is 37.8 Å². The van der Waals surface area contributed by atoms with Gasteiger partial charge in [-0.05, 0) is 66.6 Å². The van der Waals surface area contributed by atoms with E-state index in [2.05, 4.69) is 19.2 Å². The second-order valence-corrected chi connectivity index (χ2v) is 10.7. The second-order valence-electron chi connectivity index (χ2n) is 8.31. The molecule has 1 aliphatic heterocycles. The molecule has 28 heavy (non-hydrogen) atoms. The number of piperidine rings is 1. The highest BCUT2D eigenvalue weighted by atomic mass is 35.5. The Kier molecular flexibility index (Phi) is 6.81. The van der Waals surface area contributed by atoms with Crippen molar-refractivity contribution in [2.45, 2.75) is 44.6 Å². The van der Waals surface area contributed by atoms with E-state index in [0.29, 0.717) is 24.5 Å². The Morgan fingerprint density at radius 2 is 1.86 bits per heavy atom. The van der Waals surface area contributed by atoms with Gasteiger partial charge in [0.1, 0.15) is 0 Å². The molecule has 152 valence electrons. The van der Waals surface area contributed by atoms with E-state index in [1.54, 1.807) is 16.4 Å². The molecule has 3 rings (SSSR count). The predicted molar refractivity (Wildman–Crippen MR) is 115 cm³/mol. The van der Waals surface area contributed by atoms with Gasteiger partial charge in [-0.2, -0.15) is 4.31 Å². The average Bonchev–Trinajstić information content (AvgIpc) is 2.66. The van der Waals surface area contributed by atoms with Crippen LogP contribution >= 0.6 is 11.6 Å². The van der Waals surface area contributed by atoms with Crippen molar-refractivity contribution < 1.29 is 8.42 Å². The monoisotopic (exact) mass is 420 g/mol. The summed E-state index contributed by atoms with van der Waals surface area (Å²) in [5, 5.41) is 4.14. The van der Waals surface area contributed by atoms with Gasteiger partial charge in [-0.3, -0.25) is 0 Å². The zero-order valence-electron chi connectivity index (χ0n) is 16.6. The third-order valence-corrected chi connectivity index (χ3v) is 7.33. The number of nitrogens with one attached hydrogen (secondary N) is 1. The Labute approximate surface area is 174 Å². The predicted octanol–water partition coefficient (Wildman–Crippen LogP) is 4.48. The summed E-state index contributed by atoms with van der Waals surface area (Å²) in [6, 6.07) is 15.1. The van der Waals surface area contributed by atoms with Crippen molar-refractivity contribution in [3.63, 3.8) is 0 Å². The molecule has 1 aliphatic rings. The number of halogens is 1. The highest BCUT2D eigenvalue weighted by Crippen LogP contribution is 2.31. The Hall–Kier alpha value is -1.40. The second kappa shape index (κ2) is 8.95. The smallest absolute Gasteiger partial charge is 0.243 e. The number of rotatable bonds is 7. The summed E-state index contributed by atoms with van der Waals surface area (Å²) in [6.07, 6.45) is 2.88. The maximum absolute atomic E-state index is 13.1. The highest BCUT2D eigenvalue weighted by molar-refractivity contribution is 7.89. The summed E-state index contributed by atoms with van der Waals surface area (Å²) in [6.45, 7) is 6.92. The van der Waals surface area contributed by atoms with Crippen LogP contribution in [0.25, 0.3) is 0 Å². The standard InChI is InChI=1S/C22H29ClN2O2S/c1-22(2)12-4-14-25(17-22)28(26,27)21-6-3-5-19(15-21)16-24-13-11-18-7-9-20(23)10-8-18/h3,5-10,15,24H,4,11-14,16-17H2,1-2H3. The zero-order valence-corrected chi connectivity index (χ0v) is 18.2. The lowest BCUT2D eigenvalue weighted by Gasteiger charge is -2.37. The first-order chi connectivity index (χ1) is 13.3. The van der Waals surface area contributed by atoms with Crippen LogP contribution in [0, 0.1) is 5.41 Å². The maximum Gasteiger partial charge on any atom is 0.243 e. The molecule has 0 radical (unpaired) electrons. The first kappa shape index (κ1) is 21.3. The Morgan fingerprint density at radius 1 is 1.11 bits per heavy atom. The molecule has 0 unspecified atom stereocenters. The minimum Gasteiger partial charge on any atom is -0.312 e. The molecule has 1 N–H and O–H groups in total. The van der Waals surface area contributed by atoms with Crippen LogP contribution in [0.2, 0.25) is 5.02 Å². The summed E-state index contributed by atoms with van der Waals surface area (Å²) in [4.78, 5) is 0.391. The Bertz CT molecular complexity index is 895. The van der Waals surface area contributed by atoms with Crippen molar-refractivity contribution in [1.29, 1.82) is 0 Å². The lowest BCUT2D eigenvalue weighted by Crippen LogP contribution is -2.43. The zero-order chi connectivity index (χ0) is 20.2. The van der Waals surface area contributed by atoms with Gasteiger partial charge in [0.15, 0.2) is 0 Å². The van der Waals surface area contributed by atoms with E-state index in [1.807, 2.05) is 36.4 Å². The van der Waals surface area contributed by atoms with Gasteiger partial charge in [-0.1, -0.05) is 49.7 Å². The maximum atomic E-state index is 13.1. The van der Waals surface area contributed by atoms with E-state index in [9.17, 15) is 8.42 Å². The molecule has 1 fully saturated rings. The van der Waals surface area contributed by atoms with E-state index >= 15 is 0 Å². The highest BCUT2D eigenvalue weighted by Gasteiger charge is 2.34. The number of nitrogens with zero attached hydrogens (tertiary/aromatic N) is 1. The van der Waals surface area contributed by atoms with Crippen LogP contribution in [0.5, 0.6) is 0 Å². The molecule has 0 amide bonds. The molecule has 0 atom stereocenters. The molecule has 1 heterocycles. The minimum absolute atomic E-state index is 0.0339. The Morgan fingerprint density at radius 3 is 2.57 bits per heavy atom. The fourth-order valence-corrected chi connectivity index (χ4v) is 5.52. The third kappa shape index (κ3) is 5.57. The van der Waals surface area contributed by atoms with Gasteiger partial charge in [-0.15, -0.1) is 0 Å². The molecule has 0 aromatic heterocycles. The third-order valence-electron chi connectivity index (χ3n) is 5.23. The van der Waals surface area contributed by atoms with Crippen LogP contribution in [0.3, 0.4) is 0 Å². The minimum atomic E-state index is -3.44. The first-order valence-corrected chi connectivity index (χ1v) is 11.6. The summed E-state index contributed by atoms with van der Waals surface area (Å²) in [5.41, 5.74) is 2.24. The van der Waals surface area contributed by atoms with Crippen LogP contribution < -0.4 is 5.32 Å². The number of sulfonamides is 1. The van der Waals surface area contributed by atoms with Gasteiger partial charge in [0.2, 0.25) is 10.0 Å². The number of hydrogen-bond acceptors (Lipinski definition) is 3. The van der Waals surface area contributed by atoms with Crippen molar-refractivity contribution in [2.75, 3.05) is 19.6 Å². The van der Waals surface area contributed by atoms with E-state index in [4.69, 9.17) is 11.6 Å². The lowest BCUT2D eigenvalue weighted by atomic mass is 9.85. The molecule has 2 aromatic rings. The molecule has 0 saturated carbocycles. The van der Waals surface area contributed by atoms with Crippen LogP contribution in [0.15, 0.2) is 53.4 Å². The normalized spacial score (nSPS) is 17.5. The fraction of sp³-hybridized carbons (Fsp3) is 0.455. The topological polar surface area (TPSA) is 49.4 Å². The van der Waals surface area contributed by atoms with Crippen LogP contribution in [-0.4, -0.2) is 32.4 Å². The molecule has 6 heteroatoms. The molecule has 0 spiro atoms. The van der Waals surface area contributed by atoms with E-state index in [-0.39, 0.29) is 5.41 Å². The quantitative estimate of drug-likeness (QED) is 0.671. The van der Waals surface area contributed by atoms with E-state index < -0.39 is 10.0 Å². The van der Waals surface area contributed by atoms with Crippen molar-refractivity contribution in [3.8, 4) is 0 Å². The van der Waals surface area contributed by atoms with Gasteiger partial charge in [0.05, 0.1) is 4.90 Å². The molecular formula is C22H29ClN2O2S. The summed E-state index contributed by atoms with van der Waals surface area (Å²) < 4.78 is 27.8. The van der Waals surface area contributed by atoms with Crippen molar-refractivity contribution in [2.24, 2.45) is 5.41 Å². The number of benzene rings is 2. The summed E-state index contributed by atoms with van der Waals surface area (Å²) >= 11 is 5.91. The van der Waals surface area contributed by atoms with Gasteiger partial charge in [0, 0.05) is 24.7 Å². The van der Waals surface area contributed by atoms with Crippen molar-refractivity contribution >= 4 is 21.6 Å². The molecule has 1 saturated heterocycles. The van der Waals surface area contributed by atoms with Gasteiger partial charge < -0.3 is 5.32 Å². The van der Waals surface area contributed by atoms with Crippen LogP contribution in [-0.2, 0) is 23.0 Å². The molecule has 0 bridgehead atoms. The van der Waals surface area contributed by atoms with E-state index in [0.717, 1.165) is 36.4 Å². The average molecular weight is 421 g/mol. The molecule has 2 aromatic carbocycles.